The minimum atomic E-state index is 0. The van der Waals surface area contributed by atoms with Crippen LogP contribution in [0.3, 0.4) is 0 Å². The Kier molecular flexibility index (Phi) is 9.05. The lowest BCUT2D eigenvalue weighted by Gasteiger charge is -2.22. The Labute approximate surface area is 165 Å². The molecule has 1 aromatic carbocycles. The average molecular weight is 463 g/mol. The molecule has 0 spiro atoms. The second-order valence-corrected chi connectivity index (χ2v) is 5.69. The minimum absolute atomic E-state index is 0. The van der Waals surface area contributed by atoms with E-state index in [2.05, 4.69) is 36.9 Å². The molecule has 2 rings (SSSR count). The molecule has 0 amide bonds. The van der Waals surface area contributed by atoms with Crippen LogP contribution >= 0.6 is 35.6 Å². The van der Waals surface area contributed by atoms with E-state index in [-0.39, 0.29) is 24.0 Å². The summed E-state index contributed by atoms with van der Waals surface area (Å²) in [6.07, 6.45) is 2.64. The van der Waals surface area contributed by atoms with E-state index < -0.39 is 0 Å². The topological polar surface area (TPSA) is 58.3 Å². The van der Waals surface area contributed by atoms with Crippen LogP contribution in [0.1, 0.15) is 18.3 Å². The third kappa shape index (κ3) is 5.94. The van der Waals surface area contributed by atoms with Crippen molar-refractivity contribution in [2.24, 2.45) is 4.99 Å². The Morgan fingerprint density at radius 1 is 1.33 bits per heavy atom. The molecule has 1 aromatic heterocycles. The zero-order valence-corrected chi connectivity index (χ0v) is 17.3. The molecule has 0 aliphatic carbocycles. The molecule has 132 valence electrons. The van der Waals surface area contributed by atoms with Gasteiger partial charge in [-0.3, -0.25) is 4.99 Å². The van der Waals surface area contributed by atoms with E-state index >= 15 is 0 Å². The Hall–Kier alpha value is -1.35. The van der Waals surface area contributed by atoms with E-state index in [0.29, 0.717) is 0 Å². The maximum absolute atomic E-state index is 5.92. The van der Waals surface area contributed by atoms with Crippen LogP contribution in [0.25, 0.3) is 0 Å². The summed E-state index contributed by atoms with van der Waals surface area (Å²) in [7, 11) is 3.80. The summed E-state index contributed by atoms with van der Waals surface area (Å²) in [5.74, 6) is 1.85. The molecule has 0 saturated carbocycles. The summed E-state index contributed by atoms with van der Waals surface area (Å²) < 4.78 is 2.06. The van der Waals surface area contributed by atoms with Gasteiger partial charge in [0.1, 0.15) is 12.2 Å². The first-order valence-corrected chi connectivity index (χ1v) is 8.04. The number of hydrogen-bond donors (Lipinski definition) is 1. The van der Waals surface area contributed by atoms with Gasteiger partial charge in [0, 0.05) is 45.2 Å². The van der Waals surface area contributed by atoms with Gasteiger partial charge in [-0.05, 0) is 17.7 Å². The summed E-state index contributed by atoms with van der Waals surface area (Å²) in [5, 5.41) is 12.1. The number of nitrogens with zero attached hydrogens (tertiary/aromatic N) is 5. The number of nitrogens with one attached hydrogen (secondary N) is 1. The van der Waals surface area contributed by atoms with Gasteiger partial charge in [-0.1, -0.05) is 30.7 Å². The molecular formula is C16H24ClIN6. The molecule has 0 atom stereocenters. The van der Waals surface area contributed by atoms with Crippen molar-refractivity contribution in [2.75, 3.05) is 20.6 Å². The highest BCUT2D eigenvalue weighted by Gasteiger charge is 2.07. The zero-order valence-electron chi connectivity index (χ0n) is 14.2. The molecule has 24 heavy (non-hydrogen) atoms. The highest BCUT2D eigenvalue weighted by Crippen LogP contribution is 2.10. The second kappa shape index (κ2) is 10.5. The highest BCUT2D eigenvalue weighted by atomic mass is 127. The van der Waals surface area contributed by atoms with Crippen LogP contribution < -0.4 is 5.32 Å². The molecule has 6 nitrogen and oxygen atoms in total. The predicted molar refractivity (Wildman–Crippen MR) is 109 cm³/mol. The van der Waals surface area contributed by atoms with Crippen molar-refractivity contribution in [3.8, 4) is 0 Å². The zero-order chi connectivity index (χ0) is 16.7. The van der Waals surface area contributed by atoms with E-state index in [0.717, 1.165) is 42.9 Å². The van der Waals surface area contributed by atoms with Crippen molar-refractivity contribution < 1.29 is 0 Å². The Morgan fingerprint density at radius 3 is 2.67 bits per heavy atom. The molecule has 0 bridgehead atoms. The number of aryl methyl sites for hydroxylation is 1. The van der Waals surface area contributed by atoms with Crippen LogP contribution in [0.2, 0.25) is 5.02 Å². The largest absolute Gasteiger partial charge is 0.354 e. The quantitative estimate of drug-likeness (QED) is 0.407. The first-order valence-electron chi connectivity index (χ1n) is 7.67. The van der Waals surface area contributed by atoms with E-state index in [9.17, 15) is 0 Å². The van der Waals surface area contributed by atoms with E-state index in [1.165, 1.54) is 5.56 Å². The first kappa shape index (κ1) is 20.7. The van der Waals surface area contributed by atoms with Crippen molar-refractivity contribution in [2.45, 2.75) is 26.4 Å². The van der Waals surface area contributed by atoms with Gasteiger partial charge < -0.3 is 14.8 Å². The van der Waals surface area contributed by atoms with Crippen LogP contribution in [0.15, 0.2) is 35.6 Å². The fourth-order valence-electron chi connectivity index (χ4n) is 2.35. The van der Waals surface area contributed by atoms with E-state index in [4.69, 9.17) is 11.6 Å². The third-order valence-electron chi connectivity index (χ3n) is 3.55. The molecule has 0 unspecified atom stereocenters. The van der Waals surface area contributed by atoms with Crippen LogP contribution in [0, 0.1) is 0 Å². The van der Waals surface area contributed by atoms with Crippen molar-refractivity contribution in [3.05, 3.63) is 47.0 Å². The fraction of sp³-hybridized carbons (Fsp3) is 0.438. The summed E-state index contributed by atoms with van der Waals surface area (Å²) in [5.41, 5.74) is 1.19. The maximum atomic E-state index is 5.92. The lowest BCUT2D eigenvalue weighted by molar-refractivity contribution is 0.472. The van der Waals surface area contributed by atoms with E-state index in [1.807, 2.05) is 31.3 Å². The van der Waals surface area contributed by atoms with Gasteiger partial charge in [0.2, 0.25) is 0 Å². The molecular weight excluding hydrogens is 439 g/mol. The number of aliphatic imine (C=N–C) groups is 1. The van der Waals surface area contributed by atoms with Crippen molar-refractivity contribution in [1.29, 1.82) is 0 Å². The summed E-state index contributed by atoms with van der Waals surface area (Å²) >= 11 is 5.92. The maximum Gasteiger partial charge on any atom is 0.193 e. The number of rotatable bonds is 6. The lowest BCUT2D eigenvalue weighted by atomic mass is 10.2. The average Bonchev–Trinajstić information content (AvgIpc) is 3.01. The van der Waals surface area contributed by atoms with Crippen LogP contribution in [-0.2, 0) is 19.5 Å². The van der Waals surface area contributed by atoms with Crippen LogP contribution in [0.4, 0.5) is 0 Å². The van der Waals surface area contributed by atoms with Crippen molar-refractivity contribution in [1.82, 2.24) is 25.0 Å². The van der Waals surface area contributed by atoms with E-state index in [1.54, 1.807) is 13.4 Å². The minimum Gasteiger partial charge on any atom is -0.354 e. The number of benzene rings is 1. The smallest absolute Gasteiger partial charge is 0.193 e. The molecule has 0 radical (unpaired) electrons. The Morgan fingerprint density at radius 2 is 2.04 bits per heavy atom. The second-order valence-electron chi connectivity index (χ2n) is 5.25. The molecule has 0 saturated heterocycles. The normalized spacial score (nSPS) is 11.1. The van der Waals surface area contributed by atoms with Crippen molar-refractivity contribution in [3.63, 3.8) is 0 Å². The standard InChI is InChI=1S/C16H23ClN6.HI/c1-4-15-21-20-12-23(15)10-9-19-16(18-2)22(3)11-13-5-7-14(17)8-6-13;/h5-8,12H,4,9-11H2,1-3H3,(H,18,19);1H. The summed E-state index contributed by atoms with van der Waals surface area (Å²) in [6, 6.07) is 7.85. The molecule has 1 heterocycles. The highest BCUT2D eigenvalue weighted by molar-refractivity contribution is 14.0. The molecule has 1 N–H and O–H groups in total. The summed E-state index contributed by atoms with van der Waals surface area (Å²) in [6.45, 7) is 4.42. The van der Waals surface area contributed by atoms with Gasteiger partial charge in [0.25, 0.3) is 0 Å². The van der Waals surface area contributed by atoms with Gasteiger partial charge in [0.15, 0.2) is 5.96 Å². The first-order chi connectivity index (χ1) is 11.1. The molecule has 0 aliphatic heterocycles. The van der Waals surface area contributed by atoms with Gasteiger partial charge in [0.05, 0.1) is 0 Å². The SMILES string of the molecule is CCc1nncn1CCNC(=NC)N(C)Cc1ccc(Cl)cc1.I. The molecule has 0 fully saturated rings. The number of guanidine groups is 1. The number of hydrogen-bond acceptors (Lipinski definition) is 3. The molecule has 2 aromatic rings. The summed E-state index contributed by atoms with van der Waals surface area (Å²) in [4.78, 5) is 6.41. The number of halogens is 2. The lowest BCUT2D eigenvalue weighted by Crippen LogP contribution is -2.39. The van der Waals surface area contributed by atoms with Gasteiger partial charge in [-0.15, -0.1) is 34.2 Å². The fourth-order valence-corrected chi connectivity index (χ4v) is 2.48. The molecule has 8 heteroatoms. The van der Waals surface area contributed by atoms with Crippen LogP contribution in [-0.4, -0.2) is 46.3 Å². The van der Waals surface area contributed by atoms with Crippen molar-refractivity contribution >= 4 is 41.5 Å². The molecule has 0 aliphatic rings. The van der Waals surface area contributed by atoms with Crippen LogP contribution in [0.5, 0.6) is 0 Å². The monoisotopic (exact) mass is 462 g/mol. The number of aromatic nitrogens is 3. The Balaban J connectivity index is 0.00000288. The van der Waals surface area contributed by atoms with Gasteiger partial charge in [-0.25, -0.2) is 0 Å². The van der Waals surface area contributed by atoms with Gasteiger partial charge in [-0.2, -0.15) is 0 Å². The third-order valence-corrected chi connectivity index (χ3v) is 3.81. The predicted octanol–water partition coefficient (Wildman–Crippen LogP) is 2.82. The Bertz CT molecular complexity index is 640. The van der Waals surface area contributed by atoms with Gasteiger partial charge >= 0.3 is 0 Å².